The van der Waals surface area contributed by atoms with E-state index in [-0.39, 0.29) is 0 Å². The largest absolute Gasteiger partial charge is 0.375 e. The third-order valence-electron chi connectivity index (χ3n) is 3.38. The van der Waals surface area contributed by atoms with Gasteiger partial charge in [0.1, 0.15) is 0 Å². The van der Waals surface area contributed by atoms with Gasteiger partial charge >= 0.3 is 0 Å². The van der Waals surface area contributed by atoms with Gasteiger partial charge in [-0.15, -0.1) is 0 Å². The predicted molar refractivity (Wildman–Crippen MR) is 81.2 cm³/mol. The van der Waals surface area contributed by atoms with Crippen LogP contribution in [0.1, 0.15) is 45.1 Å². The van der Waals surface area contributed by atoms with Gasteiger partial charge in [-0.05, 0) is 37.0 Å². The van der Waals surface area contributed by atoms with Crippen molar-refractivity contribution in [1.29, 1.82) is 0 Å². The van der Waals surface area contributed by atoms with E-state index in [2.05, 4.69) is 50.1 Å². The molecule has 1 unspecified atom stereocenters. The molecule has 0 amide bonds. The monoisotopic (exact) mass is 248 g/mol. The zero-order valence-corrected chi connectivity index (χ0v) is 12.2. The second-order valence-corrected chi connectivity index (χ2v) is 5.18. The molecule has 0 heterocycles. The maximum absolute atomic E-state index is 6.06. The van der Waals surface area contributed by atoms with Gasteiger partial charge in [-0.25, -0.2) is 0 Å². The molecular formula is C16H28N2. The molecule has 0 bridgehead atoms. The normalized spacial score (nSPS) is 12.4. The summed E-state index contributed by atoms with van der Waals surface area (Å²) in [5, 5.41) is 0. The molecule has 1 atom stereocenters. The lowest BCUT2D eigenvalue weighted by Gasteiger charge is -2.22. The highest BCUT2D eigenvalue weighted by Crippen LogP contribution is 2.16. The molecule has 18 heavy (non-hydrogen) atoms. The Balaban J connectivity index is 2.50. The molecule has 0 radical (unpaired) electrons. The highest BCUT2D eigenvalue weighted by atomic mass is 15.1. The van der Waals surface area contributed by atoms with Crippen LogP contribution in [0.4, 0.5) is 5.69 Å². The molecule has 0 fully saturated rings. The van der Waals surface area contributed by atoms with E-state index in [1.165, 1.54) is 24.1 Å². The second-order valence-electron chi connectivity index (χ2n) is 5.18. The molecule has 2 N–H and O–H groups in total. The zero-order valence-electron chi connectivity index (χ0n) is 12.2. The number of nitrogens with two attached hydrogens (primary N) is 1. The van der Waals surface area contributed by atoms with E-state index in [0.29, 0.717) is 6.04 Å². The number of aryl methyl sites for hydroxylation is 1. The first-order valence-corrected chi connectivity index (χ1v) is 7.23. The highest BCUT2D eigenvalue weighted by Gasteiger charge is 2.05. The van der Waals surface area contributed by atoms with E-state index in [1.54, 1.807) is 0 Å². The van der Waals surface area contributed by atoms with Crippen LogP contribution in [0.25, 0.3) is 0 Å². The fourth-order valence-electron chi connectivity index (χ4n) is 2.24. The number of rotatable bonds is 8. The fourth-order valence-corrected chi connectivity index (χ4v) is 2.24. The van der Waals surface area contributed by atoms with Gasteiger partial charge in [-0.3, -0.25) is 0 Å². The van der Waals surface area contributed by atoms with Crippen molar-refractivity contribution >= 4 is 5.69 Å². The van der Waals surface area contributed by atoms with Crippen molar-refractivity contribution in [2.45, 2.75) is 52.0 Å². The molecule has 2 heteroatoms. The van der Waals surface area contributed by atoms with Crippen molar-refractivity contribution < 1.29 is 0 Å². The molecule has 102 valence electrons. The van der Waals surface area contributed by atoms with Crippen molar-refractivity contribution in [3.8, 4) is 0 Å². The lowest BCUT2D eigenvalue weighted by Crippen LogP contribution is -2.27. The summed E-state index contributed by atoms with van der Waals surface area (Å²) in [6, 6.07) is 9.20. The van der Waals surface area contributed by atoms with Gasteiger partial charge in [0.25, 0.3) is 0 Å². The van der Waals surface area contributed by atoms with Crippen LogP contribution in [0.2, 0.25) is 0 Å². The van der Waals surface area contributed by atoms with E-state index in [9.17, 15) is 0 Å². The summed E-state index contributed by atoms with van der Waals surface area (Å²) in [5.74, 6) is 0. The smallest absolute Gasteiger partial charge is 0.0366 e. The molecule has 0 spiro atoms. The van der Waals surface area contributed by atoms with Crippen LogP contribution in [-0.2, 0) is 6.42 Å². The minimum absolute atomic E-state index is 0.344. The van der Waals surface area contributed by atoms with Crippen LogP contribution in [0, 0.1) is 0 Å². The average Bonchev–Trinajstić information content (AvgIpc) is 2.37. The van der Waals surface area contributed by atoms with Crippen molar-refractivity contribution in [3.63, 3.8) is 0 Å². The van der Waals surface area contributed by atoms with E-state index >= 15 is 0 Å². The zero-order chi connectivity index (χ0) is 13.4. The molecular weight excluding hydrogens is 220 g/mol. The van der Waals surface area contributed by atoms with Crippen LogP contribution in [-0.4, -0.2) is 19.6 Å². The van der Waals surface area contributed by atoms with Gasteiger partial charge in [-0.1, -0.05) is 38.8 Å². The maximum Gasteiger partial charge on any atom is 0.0366 e. The standard InChI is InChI=1S/C16H28N2/c1-4-7-14-9-6-10-16(13-14)18(3)12-11-15(17)8-5-2/h6,9-10,13,15H,4-5,7-8,11-12,17H2,1-3H3. The molecule has 1 aromatic rings. The van der Waals surface area contributed by atoms with Crippen molar-refractivity contribution in [1.82, 2.24) is 0 Å². The van der Waals surface area contributed by atoms with Crippen LogP contribution >= 0.6 is 0 Å². The fraction of sp³-hybridized carbons (Fsp3) is 0.625. The Morgan fingerprint density at radius 1 is 1.17 bits per heavy atom. The lowest BCUT2D eigenvalue weighted by atomic mass is 10.1. The van der Waals surface area contributed by atoms with Crippen molar-refractivity contribution in [2.24, 2.45) is 5.73 Å². The molecule has 1 rings (SSSR count). The first-order valence-electron chi connectivity index (χ1n) is 7.23. The SMILES string of the molecule is CCCc1cccc(N(C)CCC(N)CCC)c1. The van der Waals surface area contributed by atoms with Crippen LogP contribution in [0.15, 0.2) is 24.3 Å². The number of benzene rings is 1. The third kappa shape index (κ3) is 5.09. The summed E-state index contributed by atoms with van der Waals surface area (Å²) in [5.41, 5.74) is 8.80. The Morgan fingerprint density at radius 2 is 1.94 bits per heavy atom. The number of nitrogens with zero attached hydrogens (tertiary/aromatic N) is 1. The summed E-state index contributed by atoms with van der Waals surface area (Å²) < 4.78 is 0. The van der Waals surface area contributed by atoms with Gasteiger partial charge in [0.2, 0.25) is 0 Å². The number of hydrogen-bond acceptors (Lipinski definition) is 2. The molecule has 0 aromatic heterocycles. The van der Waals surface area contributed by atoms with E-state index < -0.39 is 0 Å². The molecule has 0 aliphatic carbocycles. The Hall–Kier alpha value is -1.02. The molecule has 0 saturated carbocycles. The molecule has 1 aromatic carbocycles. The Labute approximate surface area is 112 Å². The number of hydrogen-bond donors (Lipinski definition) is 1. The van der Waals surface area contributed by atoms with Crippen molar-refractivity contribution in [3.05, 3.63) is 29.8 Å². The van der Waals surface area contributed by atoms with Gasteiger partial charge in [0.15, 0.2) is 0 Å². The minimum Gasteiger partial charge on any atom is -0.375 e. The summed E-state index contributed by atoms with van der Waals surface area (Å²) in [6.07, 6.45) is 5.74. The molecule has 2 nitrogen and oxygen atoms in total. The third-order valence-corrected chi connectivity index (χ3v) is 3.38. The van der Waals surface area contributed by atoms with Crippen LogP contribution < -0.4 is 10.6 Å². The van der Waals surface area contributed by atoms with Crippen LogP contribution in [0.3, 0.4) is 0 Å². The van der Waals surface area contributed by atoms with Gasteiger partial charge in [0, 0.05) is 25.3 Å². The highest BCUT2D eigenvalue weighted by molar-refractivity contribution is 5.47. The second kappa shape index (κ2) is 8.15. The van der Waals surface area contributed by atoms with Crippen LogP contribution in [0.5, 0.6) is 0 Å². The summed E-state index contributed by atoms with van der Waals surface area (Å²) in [6.45, 7) is 5.45. The van der Waals surface area contributed by atoms with E-state index in [1.807, 2.05) is 0 Å². The minimum atomic E-state index is 0.344. The Morgan fingerprint density at radius 3 is 2.61 bits per heavy atom. The summed E-state index contributed by atoms with van der Waals surface area (Å²) in [7, 11) is 2.16. The molecule has 0 aliphatic heterocycles. The first kappa shape index (κ1) is 15.0. The lowest BCUT2D eigenvalue weighted by molar-refractivity contribution is 0.561. The predicted octanol–water partition coefficient (Wildman–Crippen LogP) is 3.59. The van der Waals surface area contributed by atoms with E-state index in [0.717, 1.165) is 25.8 Å². The quantitative estimate of drug-likeness (QED) is 0.761. The Bertz CT molecular complexity index is 336. The number of anilines is 1. The maximum atomic E-state index is 6.06. The Kier molecular flexibility index (Phi) is 6.81. The van der Waals surface area contributed by atoms with Gasteiger partial charge in [-0.2, -0.15) is 0 Å². The van der Waals surface area contributed by atoms with Gasteiger partial charge in [0.05, 0.1) is 0 Å². The topological polar surface area (TPSA) is 29.3 Å². The first-order chi connectivity index (χ1) is 8.67. The molecule has 0 aliphatic rings. The van der Waals surface area contributed by atoms with E-state index in [4.69, 9.17) is 5.73 Å². The average molecular weight is 248 g/mol. The van der Waals surface area contributed by atoms with Gasteiger partial charge < -0.3 is 10.6 Å². The molecule has 0 saturated heterocycles. The van der Waals surface area contributed by atoms with Crippen molar-refractivity contribution in [2.75, 3.05) is 18.5 Å². The summed E-state index contributed by atoms with van der Waals surface area (Å²) >= 11 is 0. The summed E-state index contributed by atoms with van der Waals surface area (Å²) in [4.78, 5) is 2.31.